The molecule has 1 aromatic carbocycles. The molecular formula is C19H22N4O3. The largest absolute Gasteiger partial charge is 0.466 e. The maximum absolute atomic E-state index is 11.8. The van der Waals surface area contributed by atoms with E-state index < -0.39 is 5.97 Å². The highest BCUT2D eigenvalue weighted by atomic mass is 16.5. The van der Waals surface area contributed by atoms with Crippen molar-refractivity contribution in [3.05, 3.63) is 60.1 Å². The number of ether oxygens (including phenoxy) is 1. The van der Waals surface area contributed by atoms with Crippen LogP contribution in [0.5, 0.6) is 0 Å². The van der Waals surface area contributed by atoms with Crippen LogP contribution in [0.2, 0.25) is 0 Å². The number of hydrogen-bond acceptors (Lipinski definition) is 6. The Balaban J connectivity index is 1.84. The standard InChI is InChI=1S/C19H22N4O3/c1-15(24)23(14-16-6-4-3-5-7-16)11-10-20-18-13-21-17(12-22-18)8-9-19(25)26-2/h3-9,12-13H,10-11,14H2,1-2H3,(H,20,22). The van der Waals surface area contributed by atoms with E-state index >= 15 is 0 Å². The molecule has 7 heteroatoms. The van der Waals surface area contributed by atoms with E-state index in [1.54, 1.807) is 24.2 Å². The van der Waals surface area contributed by atoms with Gasteiger partial charge in [0, 0.05) is 32.6 Å². The molecule has 136 valence electrons. The number of aromatic nitrogens is 2. The molecule has 0 atom stereocenters. The van der Waals surface area contributed by atoms with Gasteiger partial charge in [-0.05, 0) is 11.6 Å². The van der Waals surface area contributed by atoms with Crippen LogP contribution >= 0.6 is 0 Å². The molecule has 0 bridgehead atoms. The van der Waals surface area contributed by atoms with Gasteiger partial charge in [0.05, 0.1) is 25.2 Å². The van der Waals surface area contributed by atoms with Crippen molar-refractivity contribution in [2.75, 3.05) is 25.5 Å². The normalized spacial score (nSPS) is 10.5. The number of nitrogens with one attached hydrogen (secondary N) is 1. The van der Waals surface area contributed by atoms with Gasteiger partial charge in [0.2, 0.25) is 5.91 Å². The molecule has 1 N–H and O–H groups in total. The molecule has 1 amide bonds. The first-order valence-electron chi connectivity index (χ1n) is 8.20. The number of nitrogens with zero attached hydrogens (tertiary/aromatic N) is 3. The molecule has 0 saturated heterocycles. The van der Waals surface area contributed by atoms with E-state index in [1.165, 1.54) is 19.3 Å². The lowest BCUT2D eigenvalue weighted by Gasteiger charge is -2.21. The van der Waals surface area contributed by atoms with E-state index in [2.05, 4.69) is 20.0 Å². The summed E-state index contributed by atoms with van der Waals surface area (Å²) in [5, 5.41) is 3.14. The molecule has 0 saturated carbocycles. The average Bonchev–Trinajstić information content (AvgIpc) is 2.67. The maximum Gasteiger partial charge on any atom is 0.330 e. The summed E-state index contributed by atoms with van der Waals surface area (Å²) in [6.07, 6.45) is 5.94. The molecule has 0 aliphatic rings. The summed E-state index contributed by atoms with van der Waals surface area (Å²) in [5.41, 5.74) is 1.64. The Kier molecular flexibility index (Phi) is 7.30. The van der Waals surface area contributed by atoms with E-state index in [-0.39, 0.29) is 5.91 Å². The summed E-state index contributed by atoms with van der Waals surface area (Å²) in [6.45, 7) is 3.24. The SMILES string of the molecule is COC(=O)C=Cc1cnc(NCCN(Cc2ccccc2)C(C)=O)cn1. The molecule has 0 fully saturated rings. The lowest BCUT2D eigenvalue weighted by molar-refractivity contribution is -0.134. The second kappa shape index (κ2) is 9.93. The Morgan fingerprint density at radius 1 is 1.19 bits per heavy atom. The van der Waals surface area contributed by atoms with E-state index in [1.807, 2.05) is 30.3 Å². The summed E-state index contributed by atoms with van der Waals surface area (Å²) in [4.78, 5) is 33.0. The zero-order valence-corrected chi connectivity index (χ0v) is 14.9. The monoisotopic (exact) mass is 354 g/mol. The van der Waals surface area contributed by atoms with E-state index in [9.17, 15) is 9.59 Å². The molecule has 0 aliphatic carbocycles. The summed E-state index contributed by atoms with van der Waals surface area (Å²) >= 11 is 0. The number of carbonyl (C=O) groups excluding carboxylic acids is 2. The Bertz CT molecular complexity index is 745. The molecule has 0 radical (unpaired) electrons. The molecule has 2 rings (SSSR count). The van der Waals surface area contributed by atoms with Crippen molar-refractivity contribution in [2.45, 2.75) is 13.5 Å². The van der Waals surface area contributed by atoms with Gasteiger partial charge in [-0.2, -0.15) is 0 Å². The van der Waals surface area contributed by atoms with Crippen molar-refractivity contribution in [1.82, 2.24) is 14.9 Å². The van der Waals surface area contributed by atoms with Crippen LogP contribution in [-0.2, 0) is 20.9 Å². The minimum absolute atomic E-state index is 0.0185. The van der Waals surface area contributed by atoms with Crippen LogP contribution in [0.1, 0.15) is 18.2 Å². The molecule has 7 nitrogen and oxygen atoms in total. The van der Waals surface area contributed by atoms with Crippen LogP contribution in [0.4, 0.5) is 5.82 Å². The molecule has 1 aromatic heterocycles. The van der Waals surface area contributed by atoms with Gasteiger partial charge in [0.25, 0.3) is 0 Å². The second-order valence-corrected chi connectivity index (χ2v) is 5.54. The Morgan fingerprint density at radius 3 is 2.58 bits per heavy atom. The van der Waals surface area contributed by atoms with Crippen LogP contribution in [-0.4, -0.2) is 46.9 Å². The molecule has 1 heterocycles. The van der Waals surface area contributed by atoms with E-state index in [0.717, 1.165) is 5.56 Å². The van der Waals surface area contributed by atoms with E-state index in [4.69, 9.17) is 0 Å². The smallest absolute Gasteiger partial charge is 0.330 e. The van der Waals surface area contributed by atoms with Gasteiger partial charge in [0.1, 0.15) is 5.82 Å². The summed E-state index contributed by atoms with van der Waals surface area (Å²) in [7, 11) is 1.31. The van der Waals surface area contributed by atoms with Crippen molar-refractivity contribution in [3.8, 4) is 0 Å². The number of carbonyl (C=O) groups is 2. The van der Waals surface area contributed by atoms with Crippen molar-refractivity contribution in [3.63, 3.8) is 0 Å². The fraction of sp³-hybridized carbons (Fsp3) is 0.263. The van der Waals surface area contributed by atoms with Crippen molar-refractivity contribution in [1.29, 1.82) is 0 Å². The number of esters is 1. The van der Waals surface area contributed by atoms with Gasteiger partial charge in [-0.25, -0.2) is 9.78 Å². The van der Waals surface area contributed by atoms with E-state index in [0.29, 0.717) is 31.1 Å². The maximum atomic E-state index is 11.8. The average molecular weight is 354 g/mol. The van der Waals surface area contributed by atoms with Crippen LogP contribution < -0.4 is 5.32 Å². The van der Waals surface area contributed by atoms with Gasteiger partial charge in [-0.1, -0.05) is 30.3 Å². The Morgan fingerprint density at radius 2 is 1.96 bits per heavy atom. The lowest BCUT2D eigenvalue weighted by Crippen LogP contribution is -2.32. The third-order valence-electron chi connectivity index (χ3n) is 3.61. The van der Waals surface area contributed by atoms with Crippen molar-refractivity contribution < 1.29 is 14.3 Å². The van der Waals surface area contributed by atoms with Crippen LogP contribution in [0.15, 0.2) is 48.8 Å². The first-order chi connectivity index (χ1) is 12.6. The molecule has 0 spiro atoms. The number of hydrogen-bond donors (Lipinski definition) is 1. The number of amides is 1. The zero-order chi connectivity index (χ0) is 18.8. The highest BCUT2D eigenvalue weighted by molar-refractivity contribution is 5.86. The third-order valence-corrected chi connectivity index (χ3v) is 3.61. The number of methoxy groups -OCH3 is 1. The highest BCUT2D eigenvalue weighted by Crippen LogP contribution is 2.06. The van der Waals surface area contributed by atoms with Gasteiger partial charge in [0.15, 0.2) is 0 Å². The number of benzene rings is 1. The van der Waals surface area contributed by atoms with Gasteiger partial charge >= 0.3 is 5.97 Å². The molecule has 26 heavy (non-hydrogen) atoms. The molecular weight excluding hydrogens is 332 g/mol. The van der Waals surface area contributed by atoms with Crippen molar-refractivity contribution >= 4 is 23.8 Å². The first-order valence-corrected chi connectivity index (χ1v) is 8.20. The minimum Gasteiger partial charge on any atom is -0.466 e. The first kappa shape index (κ1) is 19.1. The predicted molar refractivity (Wildman–Crippen MR) is 99.1 cm³/mol. The van der Waals surface area contributed by atoms with Crippen LogP contribution in [0.3, 0.4) is 0 Å². The number of rotatable bonds is 8. The summed E-state index contributed by atoms with van der Waals surface area (Å²) in [5.74, 6) is 0.171. The topological polar surface area (TPSA) is 84.4 Å². The third kappa shape index (κ3) is 6.35. The van der Waals surface area contributed by atoms with Crippen LogP contribution in [0, 0.1) is 0 Å². The molecule has 0 aliphatic heterocycles. The second-order valence-electron chi connectivity index (χ2n) is 5.54. The molecule has 0 unspecified atom stereocenters. The Labute approximate surface area is 152 Å². The summed E-state index contributed by atoms with van der Waals surface area (Å²) in [6, 6.07) is 9.85. The quantitative estimate of drug-likeness (QED) is 0.577. The fourth-order valence-electron chi connectivity index (χ4n) is 2.21. The summed E-state index contributed by atoms with van der Waals surface area (Å²) < 4.78 is 4.51. The van der Waals surface area contributed by atoms with Crippen molar-refractivity contribution in [2.24, 2.45) is 0 Å². The fourth-order valence-corrected chi connectivity index (χ4v) is 2.21. The predicted octanol–water partition coefficient (Wildman–Crippen LogP) is 2.12. The van der Waals surface area contributed by atoms with Gasteiger partial charge < -0.3 is 15.0 Å². The minimum atomic E-state index is -0.447. The van der Waals surface area contributed by atoms with Gasteiger partial charge in [-0.15, -0.1) is 0 Å². The highest BCUT2D eigenvalue weighted by Gasteiger charge is 2.09. The van der Waals surface area contributed by atoms with Crippen LogP contribution in [0.25, 0.3) is 6.08 Å². The molecule has 2 aromatic rings. The lowest BCUT2D eigenvalue weighted by atomic mass is 10.2. The zero-order valence-electron chi connectivity index (χ0n) is 14.9. The number of anilines is 1. The Hall–Kier alpha value is -3.22. The van der Waals surface area contributed by atoms with Gasteiger partial charge in [-0.3, -0.25) is 9.78 Å².